The molecule has 0 aliphatic heterocycles. The lowest BCUT2D eigenvalue weighted by Crippen LogP contribution is -2.12. The molecule has 74 heavy (non-hydrogen) atoms. The van der Waals surface area contributed by atoms with Gasteiger partial charge in [0.2, 0.25) is 0 Å². The average Bonchev–Trinajstić information content (AvgIpc) is 3.86. The minimum atomic E-state index is -5.32. The lowest BCUT2D eigenvalue weighted by atomic mass is 9.91. The number of benzene rings is 8. The fourth-order valence-electron chi connectivity index (χ4n) is 9.62. The molecule has 0 aliphatic carbocycles. The highest BCUT2D eigenvalue weighted by atomic mass is 19.4. The van der Waals surface area contributed by atoms with Crippen molar-refractivity contribution in [3.05, 3.63) is 191 Å². The predicted molar refractivity (Wildman–Crippen MR) is 246 cm³/mol. The second kappa shape index (κ2) is 16.9. The SMILES string of the molecule is N#Cc1cc(-n2c3ccccc3c3ccc(-c4ccc(C(F)(F)F)cc4C(F)(F)F)cc32)c(-c2c(C#N)cccc2C(F)(F)F)cc1-n1c2ccccc2c2ccc(-c3ccc(C(F)(F)F)cc3C(F)(F)F)cc21. The molecule has 0 amide bonds. The number of aromatic nitrogens is 2. The summed E-state index contributed by atoms with van der Waals surface area (Å²) >= 11 is 0. The zero-order valence-corrected chi connectivity index (χ0v) is 36.9. The highest BCUT2D eigenvalue weighted by molar-refractivity contribution is 6.12. The fourth-order valence-corrected chi connectivity index (χ4v) is 9.62. The summed E-state index contributed by atoms with van der Waals surface area (Å²) in [5.74, 6) is 0. The summed E-state index contributed by atoms with van der Waals surface area (Å²) in [5.41, 5.74) is -11.6. The van der Waals surface area contributed by atoms with Crippen LogP contribution in [-0.2, 0) is 30.9 Å². The van der Waals surface area contributed by atoms with Crippen LogP contribution in [0.4, 0.5) is 65.9 Å². The molecule has 2 heterocycles. The quantitative estimate of drug-likeness (QED) is 0.161. The highest BCUT2D eigenvalue weighted by Gasteiger charge is 2.41. The van der Waals surface area contributed by atoms with E-state index in [1.54, 1.807) is 42.5 Å². The van der Waals surface area contributed by atoms with Crippen LogP contribution in [-0.4, -0.2) is 9.13 Å². The van der Waals surface area contributed by atoms with E-state index in [-0.39, 0.29) is 62.3 Å². The van der Waals surface area contributed by atoms with E-state index in [0.717, 1.165) is 18.2 Å². The van der Waals surface area contributed by atoms with Crippen molar-refractivity contribution in [1.82, 2.24) is 9.13 Å². The molecule has 19 heteroatoms. The number of nitrogens with zero attached hydrogens (tertiary/aromatic N) is 4. The molecule has 0 N–H and O–H groups in total. The third-order valence-corrected chi connectivity index (χ3v) is 12.8. The molecule has 4 nitrogen and oxygen atoms in total. The van der Waals surface area contributed by atoms with Crippen LogP contribution in [0.1, 0.15) is 38.9 Å². The monoisotopic (exact) mass is 1030 g/mol. The van der Waals surface area contributed by atoms with Crippen molar-refractivity contribution in [2.75, 3.05) is 0 Å². The van der Waals surface area contributed by atoms with E-state index < -0.39 is 86.5 Å². The van der Waals surface area contributed by atoms with Crippen LogP contribution in [0.5, 0.6) is 0 Å². The minimum Gasteiger partial charge on any atom is -0.309 e. The molecule has 2 aromatic heterocycles. The van der Waals surface area contributed by atoms with Gasteiger partial charge in [0.05, 0.1) is 78.5 Å². The molecule has 0 fully saturated rings. The third kappa shape index (κ3) is 8.18. The van der Waals surface area contributed by atoms with E-state index >= 15 is 13.2 Å². The van der Waals surface area contributed by atoms with Crippen LogP contribution < -0.4 is 0 Å². The molecule has 0 saturated heterocycles. The first-order valence-electron chi connectivity index (χ1n) is 21.6. The number of hydrogen-bond donors (Lipinski definition) is 0. The Labute approximate surface area is 406 Å². The standard InChI is InChI=1S/C55H25F15N4/c56-51(57,58)32-14-18-34(42(23-32)54(65,66)67)28-12-16-38-36-7-1-3-10-44(36)73(47(38)20-28)46-25-40(50-30(26-71)6-5-9-41(50)53(62,63)64)49(22-31(46)27-72)74-45-11-4-2-8-37(45)39-17-13-29(21-48(39)74)35-19-15-33(52(59,60)61)24-43(35)55(68,69)70/h1-25H. The largest absolute Gasteiger partial charge is 0.417 e. The molecule has 10 aromatic rings. The van der Waals surface area contributed by atoms with Crippen LogP contribution in [0.15, 0.2) is 152 Å². The number of halogens is 15. The van der Waals surface area contributed by atoms with E-state index in [9.17, 15) is 63.2 Å². The molecule has 10 rings (SSSR count). The van der Waals surface area contributed by atoms with Crippen molar-refractivity contribution < 1.29 is 65.9 Å². The van der Waals surface area contributed by atoms with Gasteiger partial charge >= 0.3 is 30.9 Å². The lowest BCUT2D eigenvalue weighted by molar-refractivity contribution is -0.144. The Bertz CT molecular complexity index is 4040. The second-order valence-electron chi connectivity index (χ2n) is 17.0. The molecular formula is C55H25F15N4. The number of alkyl halides is 15. The Morgan fingerprint density at radius 3 is 1.19 bits per heavy atom. The van der Waals surface area contributed by atoms with Gasteiger partial charge in [0.25, 0.3) is 0 Å². The number of rotatable bonds is 5. The Balaban J connectivity index is 1.33. The van der Waals surface area contributed by atoms with Gasteiger partial charge in [-0.05, 0) is 95.1 Å². The van der Waals surface area contributed by atoms with Gasteiger partial charge in [0, 0.05) is 32.7 Å². The normalized spacial score (nSPS) is 12.8. The molecule has 0 atom stereocenters. The minimum absolute atomic E-state index is 0.00359. The molecule has 0 unspecified atom stereocenters. The van der Waals surface area contributed by atoms with Crippen molar-refractivity contribution in [3.8, 4) is 56.9 Å². The summed E-state index contributed by atoms with van der Waals surface area (Å²) in [6.07, 6.45) is -26.1. The van der Waals surface area contributed by atoms with E-state index in [2.05, 4.69) is 0 Å². The molecule has 370 valence electrons. The number of fused-ring (bicyclic) bond motifs is 6. The number of hydrogen-bond acceptors (Lipinski definition) is 2. The summed E-state index contributed by atoms with van der Waals surface area (Å²) in [6, 6.07) is 31.3. The fraction of sp³-hybridized carbons (Fsp3) is 0.0909. The van der Waals surface area contributed by atoms with Crippen molar-refractivity contribution in [2.24, 2.45) is 0 Å². The van der Waals surface area contributed by atoms with Gasteiger partial charge in [0.1, 0.15) is 6.07 Å². The van der Waals surface area contributed by atoms with Crippen LogP contribution in [0.25, 0.3) is 88.4 Å². The van der Waals surface area contributed by atoms with Crippen molar-refractivity contribution >= 4 is 43.6 Å². The smallest absolute Gasteiger partial charge is 0.309 e. The Kier molecular flexibility index (Phi) is 11.2. The molecule has 8 aromatic carbocycles. The van der Waals surface area contributed by atoms with Crippen molar-refractivity contribution in [2.45, 2.75) is 30.9 Å². The zero-order valence-electron chi connectivity index (χ0n) is 36.9. The van der Waals surface area contributed by atoms with E-state index in [1.807, 2.05) is 6.07 Å². The summed E-state index contributed by atoms with van der Waals surface area (Å²) < 4.78 is 219. The molecule has 0 saturated carbocycles. The van der Waals surface area contributed by atoms with E-state index in [0.29, 0.717) is 51.9 Å². The van der Waals surface area contributed by atoms with Gasteiger partial charge in [-0.15, -0.1) is 0 Å². The van der Waals surface area contributed by atoms with Crippen LogP contribution in [0.2, 0.25) is 0 Å². The highest BCUT2D eigenvalue weighted by Crippen LogP contribution is 2.49. The Morgan fingerprint density at radius 2 is 0.757 bits per heavy atom. The zero-order chi connectivity index (χ0) is 53.0. The third-order valence-electron chi connectivity index (χ3n) is 12.8. The molecule has 0 radical (unpaired) electrons. The summed E-state index contributed by atoms with van der Waals surface area (Å²) in [4.78, 5) is 0. The summed E-state index contributed by atoms with van der Waals surface area (Å²) in [5, 5.41) is 23.0. The first-order chi connectivity index (χ1) is 34.8. The maximum atomic E-state index is 15.4. The number of para-hydroxylation sites is 2. The Hall–Kier alpha value is -8.71. The summed E-state index contributed by atoms with van der Waals surface area (Å²) in [6.45, 7) is 0. The van der Waals surface area contributed by atoms with Crippen molar-refractivity contribution in [3.63, 3.8) is 0 Å². The van der Waals surface area contributed by atoms with Crippen LogP contribution in [0, 0.1) is 22.7 Å². The first kappa shape index (κ1) is 48.9. The Morgan fingerprint density at radius 1 is 0.324 bits per heavy atom. The van der Waals surface area contributed by atoms with Gasteiger partial charge in [0.15, 0.2) is 0 Å². The van der Waals surface area contributed by atoms with Gasteiger partial charge in [-0.3, -0.25) is 0 Å². The van der Waals surface area contributed by atoms with E-state index in [1.165, 1.54) is 63.7 Å². The van der Waals surface area contributed by atoms with E-state index in [4.69, 9.17) is 0 Å². The van der Waals surface area contributed by atoms with Gasteiger partial charge in [-0.2, -0.15) is 76.4 Å². The molecular weight excluding hydrogens is 1000 g/mol. The van der Waals surface area contributed by atoms with Crippen LogP contribution in [0.3, 0.4) is 0 Å². The molecule has 0 aliphatic rings. The molecule has 0 spiro atoms. The van der Waals surface area contributed by atoms with Gasteiger partial charge in [-0.1, -0.05) is 78.9 Å². The maximum absolute atomic E-state index is 15.4. The maximum Gasteiger partial charge on any atom is 0.417 e. The topological polar surface area (TPSA) is 57.4 Å². The molecule has 0 bridgehead atoms. The second-order valence-corrected chi connectivity index (χ2v) is 17.0. The van der Waals surface area contributed by atoms with Gasteiger partial charge < -0.3 is 9.13 Å². The average molecular weight is 1030 g/mol. The predicted octanol–water partition coefficient (Wildman–Crippen LogP) is 17.7. The lowest BCUT2D eigenvalue weighted by Gasteiger charge is -2.22. The van der Waals surface area contributed by atoms with Gasteiger partial charge in [-0.25, -0.2) is 0 Å². The number of nitriles is 2. The van der Waals surface area contributed by atoms with Crippen LogP contribution >= 0.6 is 0 Å². The summed E-state index contributed by atoms with van der Waals surface area (Å²) in [7, 11) is 0. The van der Waals surface area contributed by atoms with Crippen molar-refractivity contribution in [1.29, 1.82) is 10.5 Å². The first-order valence-corrected chi connectivity index (χ1v) is 21.6.